The highest BCUT2D eigenvalue weighted by Gasteiger charge is 2.31. The maximum absolute atomic E-state index is 11.1. The van der Waals surface area contributed by atoms with Gasteiger partial charge in [0.05, 0.1) is 5.60 Å². The average molecular weight is 383 g/mol. The molecule has 0 bridgehead atoms. The second-order valence-electron chi connectivity index (χ2n) is 7.83. The minimum atomic E-state index is -0.783. The van der Waals surface area contributed by atoms with E-state index in [2.05, 4.69) is 10.2 Å². The number of benzene rings is 2. The first-order valence-corrected chi connectivity index (χ1v) is 9.93. The zero-order valence-corrected chi connectivity index (χ0v) is 16.8. The fourth-order valence-corrected chi connectivity index (χ4v) is 3.54. The molecule has 5 nitrogen and oxygen atoms in total. The van der Waals surface area contributed by atoms with E-state index in [9.17, 15) is 9.90 Å². The van der Waals surface area contributed by atoms with Gasteiger partial charge in [-0.15, -0.1) is 0 Å². The van der Waals surface area contributed by atoms with Crippen molar-refractivity contribution in [3.63, 3.8) is 0 Å². The van der Waals surface area contributed by atoms with E-state index in [4.69, 9.17) is 4.74 Å². The molecule has 1 atom stereocenters. The molecule has 0 radical (unpaired) electrons. The number of ether oxygens (including phenoxy) is 1. The first-order chi connectivity index (χ1) is 13.4. The summed E-state index contributed by atoms with van der Waals surface area (Å²) in [7, 11) is 0. The monoisotopic (exact) mass is 382 g/mol. The second-order valence-corrected chi connectivity index (χ2v) is 7.83. The lowest BCUT2D eigenvalue weighted by Gasteiger charge is -2.27. The number of aliphatic hydroxyl groups is 1. The van der Waals surface area contributed by atoms with Crippen LogP contribution in [0, 0.1) is 6.92 Å². The molecule has 0 aromatic heterocycles. The predicted octanol–water partition coefficient (Wildman–Crippen LogP) is 3.75. The molecular weight excluding hydrogens is 352 g/mol. The molecule has 0 aliphatic carbocycles. The van der Waals surface area contributed by atoms with Crippen LogP contribution in [0.2, 0.25) is 0 Å². The van der Waals surface area contributed by atoms with Gasteiger partial charge >= 0.3 is 0 Å². The molecule has 2 aromatic rings. The lowest BCUT2D eigenvalue weighted by Crippen LogP contribution is -2.37. The van der Waals surface area contributed by atoms with Crippen LogP contribution in [0.5, 0.6) is 5.75 Å². The number of likely N-dealkylation sites (tertiary alicyclic amines) is 1. The minimum Gasteiger partial charge on any atom is -0.491 e. The summed E-state index contributed by atoms with van der Waals surface area (Å²) in [5, 5.41) is 13.8. The minimum absolute atomic E-state index is 0.0626. The summed E-state index contributed by atoms with van der Waals surface area (Å²) in [5.74, 6) is 0.742. The largest absolute Gasteiger partial charge is 0.491 e. The van der Waals surface area contributed by atoms with Crippen molar-refractivity contribution in [2.45, 2.75) is 45.3 Å². The molecular formula is C23H30N2O3. The standard InChI is InChI=1S/C23H30N2O3/c1-18-4-10-22(11-5-18)28-17-23(27)12-3-14-25(15-13-23)16-20-6-8-21(9-7-20)24-19(2)26/h4-11,27H,3,12-17H2,1-2H3,(H,24,26). The molecule has 1 aliphatic rings. The first kappa shape index (κ1) is 20.4. The molecule has 1 amide bonds. The van der Waals surface area contributed by atoms with E-state index < -0.39 is 5.60 Å². The fraction of sp³-hybridized carbons (Fsp3) is 0.435. The van der Waals surface area contributed by atoms with Crippen LogP contribution in [0.3, 0.4) is 0 Å². The average Bonchev–Trinajstić information content (AvgIpc) is 2.85. The molecule has 5 heteroatoms. The van der Waals surface area contributed by atoms with Crippen LogP contribution in [0.1, 0.15) is 37.3 Å². The number of carbonyl (C=O) groups is 1. The molecule has 2 N–H and O–H groups in total. The van der Waals surface area contributed by atoms with Crippen molar-refractivity contribution in [2.24, 2.45) is 0 Å². The number of aryl methyl sites for hydroxylation is 1. The predicted molar refractivity (Wildman–Crippen MR) is 111 cm³/mol. The molecule has 1 unspecified atom stereocenters. The number of rotatable bonds is 6. The SMILES string of the molecule is CC(=O)Nc1ccc(CN2CCCC(O)(COc3ccc(C)cc3)CC2)cc1. The van der Waals surface area contributed by atoms with E-state index >= 15 is 0 Å². The van der Waals surface area contributed by atoms with Gasteiger partial charge in [0.2, 0.25) is 5.91 Å². The summed E-state index contributed by atoms with van der Waals surface area (Å²) >= 11 is 0. The molecule has 1 aliphatic heterocycles. The Hall–Kier alpha value is -2.37. The Morgan fingerprint density at radius 2 is 1.82 bits per heavy atom. The van der Waals surface area contributed by atoms with Gasteiger partial charge in [-0.05, 0) is 62.6 Å². The van der Waals surface area contributed by atoms with Crippen molar-refractivity contribution in [3.05, 3.63) is 59.7 Å². The summed E-state index contributed by atoms with van der Waals surface area (Å²) < 4.78 is 5.85. The molecule has 0 saturated carbocycles. The third-order valence-electron chi connectivity index (χ3n) is 5.22. The Morgan fingerprint density at radius 1 is 1.11 bits per heavy atom. The van der Waals surface area contributed by atoms with Crippen molar-refractivity contribution in [3.8, 4) is 5.75 Å². The summed E-state index contributed by atoms with van der Waals surface area (Å²) in [6.45, 7) is 6.52. The Morgan fingerprint density at radius 3 is 2.50 bits per heavy atom. The van der Waals surface area contributed by atoms with Gasteiger partial charge in [-0.1, -0.05) is 29.8 Å². The first-order valence-electron chi connectivity index (χ1n) is 9.93. The lowest BCUT2D eigenvalue weighted by atomic mass is 9.96. The molecule has 1 saturated heterocycles. The van der Waals surface area contributed by atoms with Crippen molar-refractivity contribution in [2.75, 3.05) is 25.0 Å². The maximum Gasteiger partial charge on any atom is 0.221 e. The van der Waals surface area contributed by atoms with E-state index in [1.807, 2.05) is 55.5 Å². The molecule has 3 rings (SSSR count). The third-order valence-corrected chi connectivity index (χ3v) is 5.22. The maximum atomic E-state index is 11.1. The van der Waals surface area contributed by atoms with Crippen LogP contribution in [0.4, 0.5) is 5.69 Å². The van der Waals surface area contributed by atoms with E-state index in [1.54, 1.807) is 0 Å². The third kappa shape index (κ3) is 6.08. The van der Waals surface area contributed by atoms with Crippen molar-refractivity contribution in [1.29, 1.82) is 0 Å². The normalized spacial score (nSPS) is 20.4. The number of carbonyl (C=O) groups excluding carboxylic acids is 1. The van der Waals surface area contributed by atoms with Gasteiger partial charge in [0.15, 0.2) is 0 Å². The summed E-state index contributed by atoms with van der Waals surface area (Å²) in [6, 6.07) is 15.9. The van der Waals surface area contributed by atoms with Gasteiger partial charge in [0.1, 0.15) is 12.4 Å². The lowest BCUT2D eigenvalue weighted by molar-refractivity contribution is -0.114. The molecule has 150 valence electrons. The second kappa shape index (κ2) is 9.22. The molecule has 28 heavy (non-hydrogen) atoms. The number of amides is 1. The van der Waals surface area contributed by atoms with Crippen molar-refractivity contribution in [1.82, 2.24) is 4.90 Å². The van der Waals surface area contributed by atoms with Crippen LogP contribution in [-0.4, -0.2) is 41.2 Å². The summed E-state index contributed by atoms with van der Waals surface area (Å²) in [4.78, 5) is 13.5. The van der Waals surface area contributed by atoms with E-state index in [-0.39, 0.29) is 5.91 Å². The van der Waals surface area contributed by atoms with Gasteiger partial charge in [-0.3, -0.25) is 9.69 Å². The number of hydrogen-bond acceptors (Lipinski definition) is 4. The highest BCUT2D eigenvalue weighted by molar-refractivity contribution is 5.88. The van der Waals surface area contributed by atoms with E-state index in [0.29, 0.717) is 13.0 Å². The Balaban J connectivity index is 1.50. The van der Waals surface area contributed by atoms with Crippen molar-refractivity contribution < 1.29 is 14.6 Å². The van der Waals surface area contributed by atoms with Gasteiger partial charge in [0, 0.05) is 25.7 Å². The summed E-state index contributed by atoms with van der Waals surface area (Å²) in [6.07, 6.45) is 2.39. The van der Waals surface area contributed by atoms with Crippen LogP contribution in [0.25, 0.3) is 0 Å². The van der Waals surface area contributed by atoms with Crippen LogP contribution in [-0.2, 0) is 11.3 Å². The number of nitrogens with zero attached hydrogens (tertiary/aromatic N) is 1. The number of anilines is 1. The smallest absolute Gasteiger partial charge is 0.221 e. The quantitative estimate of drug-likeness (QED) is 0.799. The van der Waals surface area contributed by atoms with Gasteiger partial charge < -0.3 is 15.2 Å². The zero-order valence-electron chi connectivity index (χ0n) is 16.8. The van der Waals surface area contributed by atoms with Crippen LogP contribution in [0.15, 0.2) is 48.5 Å². The topological polar surface area (TPSA) is 61.8 Å². The highest BCUT2D eigenvalue weighted by atomic mass is 16.5. The summed E-state index contributed by atoms with van der Waals surface area (Å²) in [5.41, 5.74) is 2.43. The highest BCUT2D eigenvalue weighted by Crippen LogP contribution is 2.25. The Bertz CT molecular complexity index is 773. The zero-order chi connectivity index (χ0) is 20.0. The van der Waals surface area contributed by atoms with Gasteiger partial charge in [0.25, 0.3) is 0 Å². The van der Waals surface area contributed by atoms with Gasteiger partial charge in [-0.2, -0.15) is 0 Å². The Labute approximate surface area is 167 Å². The molecule has 1 heterocycles. The Kier molecular flexibility index (Phi) is 6.70. The molecule has 0 spiro atoms. The fourth-order valence-electron chi connectivity index (χ4n) is 3.54. The van der Waals surface area contributed by atoms with E-state index in [1.165, 1.54) is 18.1 Å². The van der Waals surface area contributed by atoms with E-state index in [0.717, 1.165) is 43.9 Å². The number of hydrogen-bond donors (Lipinski definition) is 2. The molecule has 2 aromatic carbocycles. The number of nitrogens with one attached hydrogen (secondary N) is 1. The van der Waals surface area contributed by atoms with Crippen LogP contribution < -0.4 is 10.1 Å². The van der Waals surface area contributed by atoms with Crippen molar-refractivity contribution >= 4 is 11.6 Å². The van der Waals surface area contributed by atoms with Gasteiger partial charge in [-0.25, -0.2) is 0 Å². The van der Waals surface area contributed by atoms with Crippen LogP contribution >= 0.6 is 0 Å². The molecule has 1 fully saturated rings.